The molecule has 0 aliphatic carbocycles. The van der Waals surface area contributed by atoms with Crippen LogP contribution in [0.3, 0.4) is 0 Å². The average Bonchev–Trinajstić information content (AvgIpc) is 2.92. The van der Waals surface area contributed by atoms with Crippen LogP contribution in [0.5, 0.6) is 0 Å². The molecule has 0 spiro atoms. The molecule has 1 aliphatic heterocycles. The van der Waals surface area contributed by atoms with Crippen molar-refractivity contribution in [1.29, 1.82) is 0 Å². The molecule has 1 fully saturated rings. The van der Waals surface area contributed by atoms with E-state index in [2.05, 4.69) is 14.9 Å². The van der Waals surface area contributed by atoms with Crippen molar-refractivity contribution >= 4 is 34.7 Å². The van der Waals surface area contributed by atoms with Crippen molar-refractivity contribution in [2.75, 3.05) is 31.1 Å². The Labute approximate surface area is 132 Å². The van der Waals surface area contributed by atoms with Gasteiger partial charge in [-0.15, -0.1) is 11.3 Å². The van der Waals surface area contributed by atoms with Gasteiger partial charge in [0.05, 0.1) is 11.1 Å². The van der Waals surface area contributed by atoms with Crippen LogP contribution in [0.15, 0.2) is 30.0 Å². The van der Waals surface area contributed by atoms with Crippen molar-refractivity contribution in [3.63, 3.8) is 0 Å². The Hall–Kier alpha value is -1.66. The van der Waals surface area contributed by atoms with Gasteiger partial charge in [-0.05, 0) is 17.9 Å². The van der Waals surface area contributed by atoms with E-state index in [1.807, 2.05) is 22.4 Å². The highest BCUT2D eigenvalue weighted by Crippen LogP contribution is 2.23. The van der Waals surface area contributed by atoms with E-state index in [4.69, 9.17) is 11.6 Å². The van der Waals surface area contributed by atoms with E-state index < -0.39 is 0 Å². The topological polar surface area (TPSA) is 49.3 Å². The number of hydrogen-bond acceptors (Lipinski definition) is 5. The molecule has 21 heavy (non-hydrogen) atoms. The Morgan fingerprint density at radius 2 is 2.19 bits per heavy atom. The van der Waals surface area contributed by atoms with Gasteiger partial charge in [0.1, 0.15) is 11.3 Å². The zero-order valence-corrected chi connectivity index (χ0v) is 13.0. The number of halogens is 1. The second kappa shape index (κ2) is 6.41. The zero-order valence-electron chi connectivity index (χ0n) is 11.4. The van der Waals surface area contributed by atoms with E-state index in [0.717, 1.165) is 36.8 Å². The van der Waals surface area contributed by atoms with Gasteiger partial charge in [0, 0.05) is 26.2 Å². The lowest BCUT2D eigenvalue weighted by Gasteiger charge is -2.23. The largest absolute Gasteiger partial charge is 0.353 e. The van der Waals surface area contributed by atoms with E-state index in [1.165, 1.54) is 17.7 Å². The van der Waals surface area contributed by atoms with E-state index in [-0.39, 0.29) is 5.91 Å². The van der Waals surface area contributed by atoms with Crippen LogP contribution in [0.2, 0.25) is 5.02 Å². The Morgan fingerprint density at radius 1 is 1.29 bits per heavy atom. The molecule has 0 saturated carbocycles. The highest BCUT2D eigenvalue weighted by Gasteiger charge is 2.22. The van der Waals surface area contributed by atoms with Crippen LogP contribution in [0.4, 0.5) is 5.82 Å². The molecule has 3 rings (SSSR count). The first-order valence-corrected chi connectivity index (χ1v) is 8.04. The molecule has 0 radical (unpaired) electrons. The standard InChI is InChI=1S/C14H15ClN4OS/c15-11-9-16-10-17-13(11)18-4-2-5-19(7-6-18)14(20)12-3-1-8-21-12/h1,3,8-10H,2,4-7H2. The summed E-state index contributed by atoms with van der Waals surface area (Å²) in [6.07, 6.45) is 4.00. The summed E-state index contributed by atoms with van der Waals surface area (Å²) in [5, 5.41) is 2.48. The van der Waals surface area contributed by atoms with Crippen LogP contribution in [0.25, 0.3) is 0 Å². The first kappa shape index (κ1) is 14.3. The zero-order chi connectivity index (χ0) is 14.7. The summed E-state index contributed by atoms with van der Waals surface area (Å²) in [4.78, 5) is 25.4. The molecule has 0 unspecified atom stereocenters. The maximum absolute atomic E-state index is 12.4. The van der Waals surface area contributed by atoms with Gasteiger partial charge in [-0.2, -0.15) is 0 Å². The predicted molar refractivity (Wildman–Crippen MR) is 84.1 cm³/mol. The van der Waals surface area contributed by atoms with Crippen LogP contribution in [0.1, 0.15) is 16.1 Å². The van der Waals surface area contributed by atoms with Gasteiger partial charge < -0.3 is 9.80 Å². The quantitative estimate of drug-likeness (QED) is 0.852. The number of nitrogens with zero attached hydrogens (tertiary/aromatic N) is 4. The lowest BCUT2D eigenvalue weighted by Crippen LogP contribution is -2.35. The van der Waals surface area contributed by atoms with E-state index in [9.17, 15) is 4.79 Å². The van der Waals surface area contributed by atoms with Crippen molar-refractivity contribution in [3.8, 4) is 0 Å². The summed E-state index contributed by atoms with van der Waals surface area (Å²) in [5.41, 5.74) is 0. The van der Waals surface area contributed by atoms with Gasteiger partial charge in [0.2, 0.25) is 0 Å². The molecule has 5 nitrogen and oxygen atoms in total. The number of hydrogen-bond donors (Lipinski definition) is 0. The predicted octanol–water partition coefficient (Wildman–Crippen LogP) is 2.54. The lowest BCUT2D eigenvalue weighted by molar-refractivity contribution is 0.0772. The number of anilines is 1. The Bertz CT molecular complexity index is 619. The smallest absolute Gasteiger partial charge is 0.263 e. The van der Waals surface area contributed by atoms with Crippen LogP contribution >= 0.6 is 22.9 Å². The molecule has 1 saturated heterocycles. The summed E-state index contributed by atoms with van der Waals surface area (Å²) in [7, 11) is 0. The fourth-order valence-electron chi connectivity index (χ4n) is 2.43. The third kappa shape index (κ3) is 3.16. The Morgan fingerprint density at radius 3 is 2.95 bits per heavy atom. The van der Waals surface area contributed by atoms with Crippen LogP contribution < -0.4 is 4.90 Å². The maximum atomic E-state index is 12.4. The van der Waals surface area contributed by atoms with Crippen LogP contribution in [-0.4, -0.2) is 47.0 Å². The minimum absolute atomic E-state index is 0.112. The second-order valence-corrected chi connectivity index (χ2v) is 6.16. The van der Waals surface area contributed by atoms with Crippen molar-refractivity contribution < 1.29 is 4.79 Å². The summed E-state index contributed by atoms with van der Waals surface area (Å²) in [6.45, 7) is 3.01. The highest BCUT2D eigenvalue weighted by molar-refractivity contribution is 7.12. The van der Waals surface area contributed by atoms with Crippen LogP contribution in [0, 0.1) is 0 Å². The van der Waals surface area contributed by atoms with Gasteiger partial charge >= 0.3 is 0 Å². The molecule has 7 heteroatoms. The maximum Gasteiger partial charge on any atom is 0.263 e. The molecule has 0 bridgehead atoms. The highest BCUT2D eigenvalue weighted by atomic mass is 35.5. The monoisotopic (exact) mass is 322 g/mol. The fourth-order valence-corrected chi connectivity index (χ4v) is 3.34. The molecule has 2 aromatic heterocycles. The summed E-state index contributed by atoms with van der Waals surface area (Å²) in [5.74, 6) is 0.859. The fraction of sp³-hybridized carbons (Fsp3) is 0.357. The average molecular weight is 323 g/mol. The molecular formula is C14H15ClN4OS. The lowest BCUT2D eigenvalue weighted by atomic mass is 10.3. The normalized spacial score (nSPS) is 15.9. The SMILES string of the molecule is O=C(c1cccs1)N1CCCN(c2ncncc2Cl)CC1. The molecule has 3 heterocycles. The van der Waals surface area contributed by atoms with Crippen molar-refractivity contribution in [2.24, 2.45) is 0 Å². The third-order valence-electron chi connectivity index (χ3n) is 3.46. The second-order valence-electron chi connectivity index (χ2n) is 4.80. The molecule has 1 amide bonds. The van der Waals surface area contributed by atoms with Gasteiger partial charge in [-0.25, -0.2) is 9.97 Å². The molecule has 110 valence electrons. The van der Waals surface area contributed by atoms with Crippen molar-refractivity contribution in [3.05, 3.63) is 39.9 Å². The Balaban J connectivity index is 1.70. The molecule has 0 aromatic carbocycles. The summed E-state index contributed by atoms with van der Waals surface area (Å²) in [6, 6.07) is 3.78. The minimum Gasteiger partial charge on any atom is -0.353 e. The number of thiophene rings is 1. The number of rotatable bonds is 2. The first-order valence-electron chi connectivity index (χ1n) is 6.79. The number of amides is 1. The van der Waals surface area contributed by atoms with Gasteiger partial charge in [0.25, 0.3) is 5.91 Å². The number of carbonyl (C=O) groups is 1. The minimum atomic E-state index is 0.112. The summed E-state index contributed by atoms with van der Waals surface area (Å²) >= 11 is 7.63. The molecule has 0 N–H and O–H groups in total. The molecule has 2 aromatic rings. The van der Waals surface area contributed by atoms with E-state index in [0.29, 0.717) is 11.6 Å². The molecule has 0 atom stereocenters. The van der Waals surface area contributed by atoms with Gasteiger partial charge in [-0.1, -0.05) is 17.7 Å². The molecule has 1 aliphatic rings. The van der Waals surface area contributed by atoms with E-state index >= 15 is 0 Å². The molecular weight excluding hydrogens is 308 g/mol. The van der Waals surface area contributed by atoms with Gasteiger partial charge in [0.15, 0.2) is 5.82 Å². The Kier molecular flexibility index (Phi) is 4.36. The number of aromatic nitrogens is 2. The van der Waals surface area contributed by atoms with Crippen molar-refractivity contribution in [2.45, 2.75) is 6.42 Å². The first-order chi connectivity index (χ1) is 10.3. The summed E-state index contributed by atoms with van der Waals surface area (Å²) < 4.78 is 0. The van der Waals surface area contributed by atoms with Crippen molar-refractivity contribution in [1.82, 2.24) is 14.9 Å². The van der Waals surface area contributed by atoms with E-state index in [1.54, 1.807) is 6.20 Å². The third-order valence-corrected chi connectivity index (χ3v) is 4.59. The van der Waals surface area contributed by atoms with Gasteiger partial charge in [-0.3, -0.25) is 4.79 Å². The number of carbonyl (C=O) groups excluding carboxylic acids is 1. The van der Waals surface area contributed by atoms with Crippen LogP contribution in [-0.2, 0) is 0 Å².